The smallest absolute Gasteiger partial charge is 0.0640 e. The highest BCUT2D eigenvalue weighted by molar-refractivity contribution is 6.42. The van der Waals surface area contributed by atoms with E-state index < -0.39 is 0 Å². The van der Waals surface area contributed by atoms with Gasteiger partial charge in [-0.3, -0.25) is 11.3 Å². The zero-order chi connectivity index (χ0) is 11.4. The molecule has 0 aliphatic heterocycles. The first-order valence-corrected chi connectivity index (χ1v) is 5.36. The van der Waals surface area contributed by atoms with Crippen molar-refractivity contribution in [3.8, 4) is 0 Å². The van der Waals surface area contributed by atoms with Crippen LogP contribution in [0.3, 0.4) is 0 Å². The standard InChI is InChI=1S/C11H14Cl2N2/c1-7(2)6-10(15-14)8-4-3-5-9(12)11(8)13/h3-5,10,15H,1,6,14H2,2H3. The molecule has 0 fully saturated rings. The highest BCUT2D eigenvalue weighted by Crippen LogP contribution is 2.31. The van der Waals surface area contributed by atoms with Crippen molar-refractivity contribution in [1.82, 2.24) is 5.43 Å². The van der Waals surface area contributed by atoms with Crippen LogP contribution < -0.4 is 11.3 Å². The number of halogens is 2. The van der Waals surface area contributed by atoms with E-state index >= 15 is 0 Å². The molecule has 0 saturated carbocycles. The summed E-state index contributed by atoms with van der Waals surface area (Å²) < 4.78 is 0. The Kier molecular flexibility index (Phi) is 4.61. The van der Waals surface area contributed by atoms with Gasteiger partial charge in [0.05, 0.1) is 16.1 Å². The molecule has 2 nitrogen and oxygen atoms in total. The quantitative estimate of drug-likeness (QED) is 0.484. The lowest BCUT2D eigenvalue weighted by atomic mass is 10.0. The summed E-state index contributed by atoms with van der Waals surface area (Å²) in [5.74, 6) is 5.48. The van der Waals surface area contributed by atoms with Gasteiger partial charge in [0.15, 0.2) is 0 Å². The van der Waals surface area contributed by atoms with Gasteiger partial charge in [-0.05, 0) is 25.0 Å². The van der Waals surface area contributed by atoms with Crippen LogP contribution in [0.4, 0.5) is 0 Å². The van der Waals surface area contributed by atoms with Crippen LogP contribution in [0, 0.1) is 0 Å². The summed E-state index contributed by atoms with van der Waals surface area (Å²) in [6.07, 6.45) is 0.733. The van der Waals surface area contributed by atoms with Crippen molar-refractivity contribution in [3.05, 3.63) is 46.0 Å². The molecule has 1 rings (SSSR count). The summed E-state index contributed by atoms with van der Waals surface area (Å²) in [6, 6.07) is 5.46. The van der Waals surface area contributed by atoms with Crippen LogP contribution in [0.25, 0.3) is 0 Å². The molecule has 0 saturated heterocycles. The minimum Gasteiger partial charge on any atom is -0.271 e. The first-order valence-electron chi connectivity index (χ1n) is 4.60. The highest BCUT2D eigenvalue weighted by Gasteiger charge is 2.14. The first kappa shape index (κ1) is 12.5. The predicted octanol–water partition coefficient (Wildman–Crippen LogP) is 3.46. The lowest BCUT2D eigenvalue weighted by molar-refractivity contribution is 0.550. The Morgan fingerprint density at radius 3 is 2.73 bits per heavy atom. The van der Waals surface area contributed by atoms with Crippen LogP contribution in [-0.4, -0.2) is 0 Å². The molecule has 0 amide bonds. The molecule has 0 radical (unpaired) electrons. The van der Waals surface area contributed by atoms with E-state index in [0.717, 1.165) is 17.6 Å². The zero-order valence-electron chi connectivity index (χ0n) is 8.56. The lowest BCUT2D eigenvalue weighted by Crippen LogP contribution is -2.28. The normalized spacial score (nSPS) is 12.5. The van der Waals surface area contributed by atoms with Gasteiger partial charge in [-0.15, -0.1) is 6.58 Å². The van der Waals surface area contributed by atoms with Crippen LogP contribution >= 0.6 is 23.2 Å². The lowest BCUT2D eigenvalue weighted by Gasteiger charge is -2.18. The molecule has 15 heavy (non-hydrogen) atoms. The van der Waals surface area contributed by atoms with Crippen LogP contribution in [0.5, 0.6) is 0 Å². The molecule has 82 valence electrons. The number of hydrazine groups is 1. The number of benzene rings is 1. The topological polar surface area (TPSA) is 38.0 Å². The maximum absolute atomic E-state index is 6.09. The largest absolute Gasteiger partial charge is 0.271 e. The minimum atomic E-state index is -0.0475. The number of rotatable bonds is 4. The Bertz CT molecular complexity index is 364. The molecule has 0 spiro atoms. The van der Waals surface area contributed by atoms with E-state index in [0.29, 0.717) is 10.0 Å². The number of nitrogens with two attached hydrogens (primary N) is 1. The van der Waals surface area contributed by atoms with E-state index in [1.54, 1.807) is 6.07 Å². The van der Waals surface area contributed by atoms with Gasteiger partial charge >= 0.3 is 0 Å². The van der Waals surface area contributed by atoms with Gasteiger partial charge in [0.25, 0.3) is 0 Å². The monoisotopic (exact) mass is 244 g/mol. The van der Waals surface area contributed by atoms with Crippen molar-refractivity contribution < 1.29 is 0 Å². The summed E-state index contributed by atoms with van der Waals surface area (Å²) in [4.78, 5) is 0. The average Bonchev–Trinajstić information content (AvgIpc) is 2.19. The molecular weight excluding hydrogens is 231 g/mol. The number of hydrogen-bond acceptors (Lipinski definition) is 2. The fraction of sp³-hybridized carbons (Fsp3) is 0.273. The van der Waals surface area contributed by atoms with Gasteiger partial charge in [-0.1, -0.05) is 40.9 Å². The van der Waals surface area contributed by atoms with E-state index in [2.05, 4.69) is 12.0 Å². The molecule has 1 aromatic rings. The minimum absolute atomic E-state index is 0.0475. The van der Waals surface area contributed by atoms with Crippen molar-refractivity contribution in [3.63, 3.8) is 0 Å². The van der Waals surface area contributed by atoms with Crippen molar-refractivity contribution in [2.75, 3.05) is 0 Å². The fourth-order valence-electron chi connectivity index (χ4n) is 1.40. The first-order chi connectivity index (χ1) is 7.06. The van der Waals surface area contributed by atoms with Crippen LogP contribution in [0.1, 0.15) is 24.9 Å². The average molecular weight is 245 g/mol. The summed E-state index contributed by atoms with van der Waals surface area (Å²) >= 11 is 12.0. The van der Waals surface area contributed by atoms with Crippen molar-refractivity contribution >= 4 is 23.2 Å². The van der Waals surface area contributed by atoms with Gasteiger partial charge < -0.3 is 0 Å². The molecule has 0 aliphatic rings. The molecule has 0 heterocycles. The molecule has 0 aliphatic carbocycles. The Morgan fingerprint density at radius 2 is 2.20 bits per heavy atom. The van der Waals surface area contributed by atoms with Gasteiger partial charge in [-0.2, -0.15) is 0 Å². The summed E-state index contributed by atoms with van der Waals surface area (Å²) in [7, 11) is 0. The Labute approximate surface area is 100 Å². The third-order valence-corrected chi connectivity index (χ3v) is 2.94. The molecule has 0 bridgehead atoms. The maximum Gasteiger partial charge on any atom is 0.0640 e. The van der Waals surface area contributed by atoms with Crippen LogP contribution in [0.2, 0.25) is 10.0 Å². The third kappa shape index (κ3) is 3.21. The maximum atomic E-state index is 6.09. The predicted molar refractivity (Wildman–Crippen MR) is 66.0 cm³/mol. The highest BCUT2D eigenvalue weighted by atomic mass is 35.5. The third-order valence-electron chi connectivity index (χ3n) is 2.11. The van der Waals surface area contributed by atoms with Gasteiger partial charge in [-0.25, -0.2) is 0 Å². The molecule has 0 aromatic heterocycles. The van der Waals surface area contributed by atoms with E-state index in [9.17, 15) is 0 Å². The molecule has 3 N–H and O–H groups in total. The van der Waals surface area contributed by atoms with Crippen molar-refractivity contribution in [2.24, 2.45) is 5.84 Å². The molecule has 1 aromatic carbocycles. The molecule has 1 unspecified atom stereocenters. The molecule has 1 atom stereocenters. The summed E-state index contributed by atoms with van der Waals surface area (Å²) in [5, 5.41) is 1.08. The van der Waals surface area contributed by atoms with E-state index in [4.69, 9.17) is 29.0 Å². The van der Waals surface area contributed by atoms with E-state index in [1.807, 2.05) is 19.1 Å². The SMILES string of the molecule is C=C(C)CC(NN)c1cccc(Cl)c1Cl. The summed E-state index contributed by atoms with van der Waals surface area (Å²) in [5.41, 5.74) is 4.65. The van der Waals surface area contributed by atoms with Gasteiger partial charge in [0, 0.05) is 0 Å². The zero-order valence-corrected chi connectivity index (χ0v) is 10.1. The second-order valence-corrected chi connectivity index (χ2v) is 4.31. The second kappa shape index (κ2) is 5.52. The molecule has 4 heteroatoms. The Morgan fingerprint density at radius 1 is 1.53 bits per heavy atom. The van der Waals surface area contributed by atoms with Crippen LogP contribution in [-0.2, 0) is 0 Å². The van der Waals surface area contributed by atoms with E-state index in [-0.39, 0.29) is 6.04 Å². The van der Waals surface area contributed by atoms with Crippen molar-refractivity contribution in [2.45, 2.75) is 19.4 Å². The van der Waals surface area contributed by atoms with E-state index in [1.165, 1.54) is 0 Å². The van der Waals surface area contributed by atoms with Crippen LogP contribution in [0.15, 0.2) is 30.4 Å². The van der Waals surface area contributed by atoms with Gasteiger partial charge in [0.1, 0.15) is 0 Å². The molecular formula is C11H14Cl2N2. The Balaban J connectivity index is 3.01. The summed E-state index contributed by atoms with van der Waals surface area (Å²) in [6.45, 7) is 5.80. The Hall–Kier alpha value is -0.540. The van der Waals surface area contributed by atoms with Crippen molar-refractivity contribution in [1.29, 1.82) is 0 Å². The number of hydrogen-bond donors (Lipinski definition) is 2. The van der Waals surface area contributed by atoms with Gasteiger partial charge in [0.2, 0.25) is 0 Å². The second-order valence-electron chi connectivity index (χ2n) is 3.52. The number of nitrogens with one attached hydrogen (secondary N) is 1. The fourth-order valence-corrected chi connectivity index (χ4v) is 1.84.